The molecule has 0 bridgehead atoms. The van der Waals surface area contributed by atoms with Crippen LogP contribution in [0.1, 0.15) is 32.3 Å². The SMILES string of the molecule is CCCCNc1cc(N=Nc2ccc([N+](=O)[O-])cc2)c(O)cc1CC. The molecule has 2 aromatic rings. The van der Waals surface area contributed by atoms with Gasteiger partial charge in [0.05, 0.1) is 10.6 Å². The lowest BCUT2D eigenvalue weighted by Gasteiger charge is -2.12. The Kier molecular flexibility index (Phi) is 6.45. The third kappa shape index (κ3) is 5.00. The molecule has 2 aromatic carbocycles. The van der Waals surface area contributed by atoms with Crippen molar-refractivity contribution in [1.82, 2.24) is 0 Å². The second kappa shape index (κ2) is 8.77. The summed E-state index contributed by atoms with van der Waals surface area (Å²) in [7, 11) is 0. The number of hydrogen-bond donors (Lipinski definition) is 2. The Balaban J connectivity index is 2.22. The third-order valence-corrected chi connectivity index (χ3v) is 3.76. The number of nitrogens with zero attached hydrogens (tertiary/aromatic N) is 3. The molecule has 0 saturated carbocycles. The van der Waals surface area contributed by atoms with Crippen LogP contribution >= 0.6 is 0 Å². The minimum atomic E-state index is -0.468. The predicted octanol–water partition coefficient (Wildman–Crippen LogP) is 5.49. The van der Waals surface area contributed by atoms with Crippen molar-refractivity contribution in [2.45, 2.75) is 33.1 Å². The summed E-state index contributed by atoms with van der Waals surface area (Å²) in [6.07, 6.45) is 2.95. The van der Waals surface area contributed by atoms with Crippen LogP contribution in [0.2, 0.25) is 0 Å². The molecule has 0 aliphatic heterocycles. The van der Waals surface area contributed by atoms with E-state index in [-0.39, 0.29) is 11.4 Å². The summed E-state index contributed by atoms with van der Waals surface area (Å²) in [4.78, 5) is 10.2. The number of phenolic OH excluding ortho intramolecular Hbond substituents is 1. The number of hydrogen-bond acceptors (Lipinski definition) is 6. The van der Waals surface area contributed by atoms with Crippen LogP contribution in [-0.2, 0) is 6.42 Å². The van der Waals surface area contributed by atoms with Crippen molar-refractivity contribution in [3.05, 3.63) is 52.1 Å². The fourth-order valence-corrected chi connectivity index (χ4v) is 2.31. The second-order valence-electron chi connectivity index (χ2n) is 5.61. The molecule has 0 aromatic heterocycles. The molecule has 0 radical (unpaired) electrons. The molecule has 0 fully saturated rings. The summed E-state index contributed by atoms with van der Waals surface area (Å²) in [5, 5.41) is 32.3. The molecule has 0 saturated heterocycles. The van der Waals surface area contributed by atoms with Gasteiger partial charge in [-0.2, -0.15) is 5.11 Å². The lowest BCUT2D eigenvalue weighted by molar-refractivity contribution is -0.384. The highest BCUT2D eigenvalue weighted by Gasteiger charge is 2.08. The highest BCUT2D eigenvalue weighted by atomic mass is 16.6. The van der Waals surface area contributed by atoms with Crippen LogP contribution in [0.4, 0.5) is 22.7 Å². The number of benzene rings is 2. The standard InChI is InChI=1S/C18H22N4O3/c1-3-5-10-19-16-12-17(18(23)11-13(16)4-2)21-20-14-6-8-15(9-7-14)22(24)25/h6-9,11-12,19,23H,3-5,10H2,1-2H3. The zero-order valence-corrected chi connectivity index (χ0v) is 14.4. The van der Waals surface area contributed by atoms with E-state index < -0.39 is 4.92 Å². The van der Waals surface area contributed by atoms with Crippen molar-refractivity contribution in [2.75, 3.05) is 11.9 Å². The molecule has 2 rings (SSSR count). The summed E-state index contributed by atoms with van der Waals surface area (Å²) in [6.45, 7) is 5.01. The second-order valence-corrected chi connectivity index (χ2v) is 5.61. The number of non-ortho nitro benzene ring substituents is 1. The van der Waals surface area contributed by atoms with Crippen molar-refractivity contribution < 1.29 is 10.0 Å². The zero-order chi connectivity index (χ0) is 18.2. The van der Waals surface area contributed by atoms with Crippen LogP contribution < -0.4 is 5.32 Å². The largest absolute Gasteiger partial charge is 0.506 e. The number of anilines is 1. The average Bonchev–Trinajstić information content (AvgIpc) is 2.62. The molecule has 0 aliphatic carbocycles. The smallest absolute Gasteiger partial charge is 0.269 e. The van der Waals surface area contributed by atoms with Crippen molar-refractivity contribution in [3.63, 3.8) is 0 Å². The first-order valence-corrected chi connectivity index (χ1v) is 8.31. The van der Waals surface area contributed by atoms with Gasteiger partial charge in [-0.1, -0.05) is 20.3 Å². The fourth-order valence-electron chi connectivity index (χ4n) is 2.31. The van der Waals surface area contributed by atoms with Gasteiger partial charge in [0.2, 0.25) is 0 Å². The molecule has 0 heterocycles. The fraction of sp³-hybridized carbons (Fsp3) is 0.333. The number of aryl methyl sites for hydroxylation is 1. The van der Waals surface area contributed by atoms with Crippen molar-refractivity contribution in [3.8, 4) is 5.75 Å². The van der Waals surface area contributed by atoms with E-state index in [1.54, 1.807) is 12.1 Å². The molecule has 25 heavy (non-hydrogen) atoms. The van der Waals surface area contributed by atoms with Crippen LogP contribution in [0.15, 0.2) is 46.6 Å². The number of unbranched alkanes of at least 4 members (excludes halogenated alkanes) is 1. The number of phenols is 1. The first kappa shape index (κ1) is 18.4. The maximum Gasteiger partial charge on any atom is 0.269 e. The zero-order valence-electron chi connectivity index (χ0n) is 14.4. The van der Waals surface area contributed by atoms with E-state index in [0.717, 1.165) is 37.1 Å². The van der Waals surface area contributed by atoms with E-state index in [9.17, 15) is 15.2 Å². The molecule has 0 aliphatic rings. The van der Waals surface area contributed by atoms with E-state index >= 15 is 0 Å². The molecule has 132 valence electrons. The van der Waals surface area contributed by atoms with E-state index in [1.807, 2.05) is 6.92 Å². The van der Waals surface area contributed by atoms with Crippen molar-refractivity contribution in [1.29, 1.82) is 0 Å². The number of nitro groups is 1. The predicted molar refractivity (Wildman–Crippen MR) is 98.2 cm³/mol. The summed E-state index contributed by atoms with van der Waals surface area (Å²) in [6, 6.07) is 9.23. The molecular formula is C18H22N4O3. The van der Waals surface area contributed by atoms with E-state index in [1.165, 1.54) is 24.3 Å². The van der Waals surface area contributed by atoms with Crippen LogP contribution in [0.5, 0.6) is 5.75 Å². The van der Waals surface area contributed by atoms with Gasteiger partial charge in [0, 0.05) is 24.4 Å². The van der Waals surface area contributed by atoms with E-state index in [4.69, 9.17) is 0 Å². The third-order valence-electron chi connectivity index (χ3n) is 3.76. The van der Waals surface area contributed by atoms with Gasteiger partial charge in [-0.15, -0.1) is 5.11 Å². The first-order valence-electron chi connectivity index (χ1n) is 8.31. The Morgan fingerprint density at radius 2 is 1.88 bits per heavy atom. The Morgan fingerprint density at radius 3 is 2.48 bits per heavy atom. The minimum absolute atomic E-state index is 0.00323. The Morgan fingerprint density at radius 1 is 1.16 bits per heavy atom. The van der Waals surface area contributed by atoms with Gasteiger partial charge >= 0.3 is 0 Å². The lowest BCUT2D eigenvalue weighted by atomic mass is 10.1. The van der Waals surface area contributed by atoms with Gasteiger partial charge in [-0.3, -0.25) is 10.1 Å². The topological polar surface area (TPSA) is 100 Å². The molecule has 2 N–H and O–H groups in total. The van der Waals surface area contributed by atoms with Crippen LogP contribution in [0.25, 0.3) is 0 Å². The molecule has 0 atom stereocenters. The van der Waals surface area contributed by atoms with Crippen molar-refractivity contribution >= 4 is 22.7 Å². The van der Waals surface area contributed by atoms with Crippen LogP contribution in [0.3, 0.4) is 0 Å². The van der Waals surface area contributed by atoms with Gasteiger partial charge < -0.3 is 10.4 Å². The number of azo groups is 1. The monoisotopic (exact) mass is 342 g/mol. The normalized spacial score (nSPS) is 11.0. The van der Waals surface area contributed by atoms with Crippen molar-refractivity contribution in [2.24, 2.45) is 10.2 Å². The highest BCUT2D eigenvalue weighted by Crippen LogP contribution is 2.34. The summed E-state index contributed by atoms with van der Waals surface area (Å²) >= 11 is 0. The van der Waals surface area contributed by atoms with Gasteiger partial charge in [0.25, 0.3) is 5.69 Å². The number of aromatic hydroxyl groups is 1. The maximum atomic E-state index is 10.7. The Bertz CT molecular complexity index is 758. The first-order chi connectivity index (χ1) is 12.0. The number of rotatable bonds is 8. The van der Waals surface area contributed by atoms with Gasteiger partial charge in [0.15, 0.2) is 0 Å². The minimum Gasteiger partial charge on any atom is -0.506 e. The summed E-state index contributed by atoms with van der Waals surface area (Å²) < 4.78 is 0. The van der Waals surface area contributed by atoms with Crippen LogP contribution in [-0.4, -0.2) is 16.6 Å². The molecule has 7 nitrogen and oxygen atoms in total. The van der Waals surface area contributed by atoms with E-state index in [0.29, 0.717) is 11.4 Å². The highest BCUT2D eigenvalue weighted by molar-refractivity contribution is 5.65. The Hall–Kier alpha value is -2.96. The number of nitro benzene ring substituents is 1. The Labute approximate surface area is 146 Å². The van der Waals surface area contributed by atoms with Gasteiger partial charge in [-0.05, 0) is 42.7 Å². The molecule has 0 spiro atoms. The summed E-state index contributed by atoms with van der Waals surface area (Å²) in [5.41, 5.74) is 2.78. The van der Waals surface area contributed by atoms with Crippen LogP contribution in [0, 0.1) is 10.1 Å². The van der Waals surface area contributed by atoms with E-state index in [2.05, 4.69) is 22.5 Å². The molecule has 0 unspecified atom stereocenters. The number of nitrogens with one attached hydrogen (secondary N) is 1. The average molecular weight is 342 g/mol. The maximum absolute atomic E-state index is 10.7. The quantitative estimate of drug-likeness (QED) is 0.218. The lowest BCUT2D eigenvalue weighted by Crippen LogP contribution is -2.03. The summed E-state index contributed by atoms with van der Waals surface area (Å²) in [5.74, 6) is 0.0588. The van der Waals surface area contributed by atoms with Gasteiger partial charge in [-0.25, -0.2) is 0 Å². The van der Waals surface area contributed by atoms with Gasteiger partial charge in [0.1, 0.15) is 11.4 Å². The molecule has 7 heteroatoms. The molecule has 0 amide bonds. The molecular weight excluding hydrogens is 320 g/mol.